The number of aromatic nitrogens is 2. The number of rotatable bonds is 6. The van der Waals surface area contributed by atoms with Gasteiger partial charge in [-0.1, -0.05) is 46.7 Å². The van der Waals surface area contributed by atoms with Crippen LogP contribution in [0.1, 0.15) is 46.8 Å². The molecule has 0 radical (unpaired) electrons. The van der Waals surface area contributed by atoms with Gasteiger partial charge in [0.25, 0.3) is 0 Å². The summed E-state index contributed by atoms with van der Waals surface area (Å²) in [5.74, 6) is -0.417. The average Bonchev–Trinajstić information content (AvgIpc) is 3.58. The van der Waals surface area contributed by atoms with Crippen LogP contribution in [-0.2, 0) is 23.8 Å². The Kier molecular flexibility index (Phi) is 6.83. The Bertz CT molecular complexity index is 1540. The fourth-order valence-corrected chi connectivity index (χ4v) is 5.96. The number of fused-ring (bicyclic) bond motifs is 3. The van der Waals surface area contributed by atoms with Crippen molar-refractivity contribution in [2.45, 2.75) is 44.9 Å². The number of likely N-dealkylation sites (tertiary alicyclic amines) is 1. The van der Waals surface area contributed by atoms with Crippen molar-refractivity contribution in [1.82, 2.24) is 15.2 Å². The molecule has 208 valence electrons. The summed E-state index contributed by atoms with van der Waals surface area (Å²) in [6.07, 6.45) is -1.73. The van der Waals surface area contributed by atoms with Gasteiger partial charge in [-0.2, -0.15) is 13.2 Å². The number of β-amino-alcohol motifs (C(OH)–C–C–N with tert-alkyl or cyclic N) is 1. The van der Waals surface area contributed by atoms with Crippen LogP contribution in [0.3, 0.4) is 0 Å². The van der Waals surface area contributed by atoms with E-state index < -0.39 is 23.5 Å². The number of nitrogens with zero attached hydrogens (tertiary/aromatic N) is 3. The van der Waals surface area contributed by atoms with Crippen LogP contribution in [0, 0.1) is 12.8 Å². The van der Waals surface area contributed by atoms with Crippen LogP contribution in [0.25, 0.3) is 34.0 Å². The Morgan fingerprint density at radius 2 is 1.85 bits per heavy atom. The molecule has 40 heavy (non-hydrogen) atoms. The molecule has 2 aliphatic rings. The van der Waals surface area contributed by atoms with Gasteiger partial charge in [-0.05, 0) is 61.9 Å². The second kappa shape index (κ2) is 10.3. The van der Waals surface area contributed by atoms with Crippen molar-refractivity contribution in [3.63, 3.8) is 0 Å². The zero-order valence-corrected chi connectivity index (χ0v) is 21.9. The second-order valence-electron chi connectivity index (χ2n) is 10.6. The first-order valence-electron chi connectivity index (χ1n) is 13.3. The molecule has 1 unspecified atom stereocenters. The van der Waals surface area contributed by atoms with Gasteiger partial charge in [-0.15, -0.1) is 0 Å². The molecule has 0 saturated carbocycles. The predicted molar refractivity (Wildman–Crippen MR) is 140 cm³/mol. The van der Waals surface area contributed by atoms with Gasteiger partial charge in [0.05, 0.1) is 6.10 Å². The van der Waals surface area contributed by atoms with Crippen molar-refractivity contribution in [1.29, 1.82) is 0 Å². The van der Waals surface area contributed by atoms with Crippen LogP contribution in [0.5, 0.6) is 0 Å². The van der Waals surface area contributed by atoms with Crippen molar-refractivity contribution in [2.75, 3.05) is 19.6 Å². The lowest BCUT2D eigenvalue weighted by atomic mass is 9.85. The SMILES string of the molecule is Cc1cc2c(cc1C(O)CN1CCC[C@H](C=O)C1)CCc1c-2noc1-c1noc(-c2ccccc2)c1C(F)(F)F. The van der Waals surface area contributed by atoms with E-state index in [1.54, 1.807) is 18.2 Å². The lowest BCUT2D eigenvalue weighted by Crippen LogP contribution is -2.38. The standard InChI is InChI=1S/C30H28F3N3O4/c1-17-12-23-20(13-22(17)24(38)15-36-11-5-6-18(14-36)16-37)9-10-21-26(23)34-40-29(21)27-25(30(31,32)33)28(39-35-27)19-7-3-2-4-8-19/h2-4,7-8,12-13,16,18,24,38H,5-6,9-11,14-15H2,1H3/t18-,24?/m0/s1. The van der Waals surface area contributed by atoms with Gasteiger partial charge in [0.15, 0.2) is 17.2 Å². The molecule has 0 amide bonds. The average molecular weight is 552 g/mol. The summed E-state index contributed by atoms with van der Waals surface area (Å²) in [5.41, 5.74) is 3.23. The van der Waals surface area contributed by atoms with E-state index in [-0.39, 0.29) is 23.0 Å². The number of alkyl halides is 3. The number of aliphatic hydroxyl groups excluding tert-OH is 1. The number of carbonyl (C=O) groups excluding carboxylic acids is 1. The minimum absolute atomic E-state index is 0.00304. The lowest BCUT2D eigenvalue weighted by Gasteiger charge is -2.32. The molecule has 1 fully saturated rings. The maximum Gasteiger partial charge on any atom is 0.422 e. The normalized spacial score (nSPS) is 18.3. The van der Waals surface area contributed by atoms with E-state index in [0.29, 0.717) is 37.2 Å². The maximum absolute atomic E-state index is 14.3. The van der Waals surface area contributed by atoms with Gasteiger partial charge in [-0.25, -0.2) is 0 Å². The number of aliphatic hydroxyl groups is 1. The van der Waals surface area contributed by atoms with Gasteiger partial charge >= 0.3 is 6.18 Å². The van der Waals surface area contributed by atoms with Gasteiger partial charge < -0.3 is 18.9 Å². The smallest absolute Gasteiger partial charge is 0.387 e. The molecule has 2 atom stereocenters. The molecule has 2 aromatic heterocycles. The Labute approximate surface area is 228 Å². The highest BCUT2D eigenvalue weighted by molar-refractivity contribution is 5.79. The van der Waals surface area contributed by atoms with Crippen molar-refractivity contribution >= 4 is 6.29 Å². The number of carbonyl (C=O) groups is 1. The number of aryl methyl sites for hydroxylation is 2. The molecule has 10 heteroatoms. The molecule has 4 aromatic rings. The van der Waals surface area contributed by atoms with Crippen LogP contribution in [-0.4, -0.2) is 46.2 Å². The number of aldehydes is 1. The molecular weight excluding hydrogens is 523 g/mol. The van der Waals surface area contributed by atoms with E-state index in [9.17, 15) is 23.1 Å². The third-order valence-electron chi connectivity index (χ3n) is 7.93. The van der Waals surface area contributed by atoms with E-state index in [1.165, 1.54) is 12.1 Å². The Morgan fingerprint density at radius 1 is 1.10 bits per heavy atom. The highest BCUT2D eigenvalue weighted by Crippen LogP contribution is 2.47. The van der Waals surface area contributed by atoms with Crippen LogP contribution in [0.15, 0.2) is 51.5 Å². The van der Waals surface area contributed by atoms with Crippen LogP contribution in [0.4, 0.5) is 13.2 Å². The Hall–Kier alpha value is -3.76. The van der Waals surface area contributed by atoms with Gasteiger partial charge in [0.1, 0.15) is 17.5 Å². The van der Waals surface area contributed by atoms with E-state index in [2.05, 4.69) is 15.2 Å². The van der Waals surface area contributed by atoms with Crippen molar-refractivity contribution < 1.29 is 32.1 Å². The third-order valence-corrected chi connectivity index (χ3v) is 7.93. The summed E-state index contributed by atoms with van der Waals surface area (Å²) < 4.78 is 53.5. The summed E-state index contributed by atoms with van der Waals surface area (Å²) >= 11 is 0. The van der Waals surface area contributed by atoms with E-state index in [0.717, 1.165) is 47.9 Å². The molecule has 1 N–H and O–H groups in total. The zero-order valence-electron chi connectivity index (χ0n) is 21.9. The summed E-state index contributed by atoms with van der Waals surface area (Å²) in [5, 5.41) is 19.1. The molecule has 0 spiro atoms. The van der Waals surface area contributed by atoms with Crippen molar-refractivity contribution in [3.05, 3.63) is 70.3 Å². The summed E-state index contributed by atoms with van der Waals surface area (Å²) in [7, 11) is 0. The largest absolute Gasteiger partial charge is 0.422 e. The van der Waals surface area contributed by atoms with Gasteiger partial charge in [0, 0.05) is 35.7 Å². The van der Waals surface area contributed by atoms with E-state index in [1.807, 2.05) is 19.1 Å². The van der Waals surface area contributed by atoms with Gasteiger partial charge in [0.2, 0.25) is 0 Å². The topological polar surface area (TPSA) is 92.6 Å². The Balaban J connectivity index is 1.33. The number of hydrogen-bond donors (Lipinski definition) is 1. The first-order chi connectivity index (χ1) is 19.2. The Morgan fingerprint density at radius 3 is 2.60 bits per heavy atom. The maximum atomic E-state index is 14.3. The van der Waals surface area contributed by atoms with Crippen LogP contribution >= 0.6 is 0 Å². The number of hydrogen-bond acceptors (Lipinski definition) is 7. The monoisotopic (exact) mass is 551 g/mol. The molecule has 7 nitrogen and oxygen atoms in total. The second-order valence-corrected chi connectivity index (χ2v) is 10.6. The first kappa shape index (κ1) is 26.5. The van der Waals surface area contributed by atoms with Crippen molar-refractivity contribution in [2.24, 2.45) is 5.92 Å². The molecule has 6 rings (SSSR count). The van der Waals surface area contributed by atoms with E-state index in [4.69, 9.17) is 9.05 Å². The quantitative estimate of drug-likeness (QED) is 0.292. The number of benzene rings is 2. The highest BCUT2D eigenvalue weighted by Gasteiger charge is 2.43. The lowest BCUT2D eigenvalue weighted by molar-refractivity contribution is -0.136. The molecule has 1 saturated heterocycles. The van der Waals surface area contributed by atoms with Crippen LogP contribution < -0.4 is 0 Å². The fraction of sp³-hybridized carbons (Fsp3) is 0.367. The third kappa shape index (κ3) is 4.75. The minimum Gasteiger partial charge on any atom is -0.387 e. The van der Waals surface area contributed by atoms with Crippen LogP contribution in [0.2, 0.25) is 0 Å². The molecule has 0 bridgehead atoms. The number of piperidine rings is 1. The number of halogens is 3. The highest BCUT2D eigenvalue weighted by atomic mass is 19.4. The molecule has 1 aliphatic heterocycles. The summed E-state index contributed by atoms with van der Waals surface area (Å²) in [6, 6.07) is 11.9. The first-order valence-corrected chi connectivity index (χ1v) is 13.3. The molecule has 1 aliphatic carbocycles. The predicted octanol–water partition coefficient (Wildman–Crippen LogP) is 6.03. The molecule has 3 heterocycles. The summed E-state index contributed by atoms with van der Waals surface area (Å²) in [4.78, 5) is 13.4. The van der Waals surface area contributed by atoms with Crippen molar-refractivity contribution in [3.8, 4) is 34.0 Å². The minimum atomic E-state index is -4.73. The summed E-state index contributed by atoms with van der Waals surface area (Å²) in [6.45, 7) is 3.80. The molecular formula is C30H28F3N3O4. The van der Waals surface area contributed by atoms with Gasteiger partial charge in [-0.3, -0.25) is 4.90 Å². The fourth-order valence-electron chi connectivity index (χ4n) is 5.96. The molecule has 2 aromatic carbocycles. The zero-order chi connectivity index (χ0) is 28.0. The van der Waals surface area contributed by atoms with E-state index >= 15 is 0 Å².